The maximum absolute atomic E-state index is 12.8. The van der Waals surface area contributed by atoms with Crippen LogP contribution >= 0.6 is 11.3 Å². The number of carbonyl (C=O) groups is 2. The third kappa shape index (κ3) is 4.29. The fraction of sp³-hybridized carbons (Fsp3) is 0.100. The van der Waals surface area contributed by atoms with Gasteiger partial charge in [-0.1, -0.05) is 42.5 Å². The number of anilines is 1. The van der Waals surface area contributed by atoms with Crippen LogP contribution in [-0.2, 0) is 9.53 Å². The van der Waals surface area contributed by atoms with Crippen LogP contribution in [-0.4, -0.2) is 19.0 Å². The SMILES string of the molecule is COc1cccc(NC(=O)[C@H](OC(=O)c2cccs2)c2ccccc2)c1. The molecule has 0 aliphatic heterocycles. The molecule has 1 atom stereocenters. The lowest BCUT2D eigenvalue weighted by Gasteiger charge is -2.18. The van der Waals surface area contributed by atoms with Gasteiger partial charge >= 0.3 is 5.97 Å². The second-order valence-electron chi connectivity index (χ2n) is 5.39. The van der Waals surface area contributed by atoms with E-state index in [0.29, 0.717) is 21.9 Å². The third-order valence-corrected chi connectivity index (χ3v) is 4.47. The Morgan fingerprint density at radius 3 is 2.50 bits per heavy atom. The second-order valence-corrected chi connectivity index (χ2v) is 6.34. The average Bonchev–Trinajstić information content (AvgIpc) is 3.21. The maximum atomic E-state index is 12.8. The van der Waals surface area contributed by atoms with Crippen LogP contribution in [0.3, 0.4) is 0 Å². The van der Waals surface area contributed by atoms with Crippen molar-refractivity contribution < 1.29 is 19.1 Å². The molecular weight excluding hydrogens is 350 g/mol. The summed E-state index contributed by atoms with van der Waals surface area (Å²) in [6.07, 6.45) is -1.06. The Morgan fingerprint density at radius 1 is 1.00 bits per heavy atom. The summed E-state index contributed by atoms with van der Waals surface area (Å²) < 4.78 is 10.7. The Kier molecular flexibility index (Phi) is 5.66. The molecule has 1 amide bonds. The molecule has 0 bridgehead atoms. The highest BCUT2D eigenvalue weighted by atomic mass is 32.1. The topological polar surface area (TPSA) is 64.6 Å². The van der Waals surface area contributed by atoms with E-state index in [2.05, 4.69) is 5.32 Å². The molecule has 0 aliphatic rings. The highest BCUT2D eigenvalue weighted by molar-refractivity contribution is 7.11. The normalized spacial score (nSPS) is 11.4. The van der Waals surface area contributed by atoms with E-state index < -0.39 is 18.0 Å². The summed E-state index contributed by atoms with van der Waals surface area (Å²) in [6.45, 7) is 0. The molecular formula is C20H17NO4S. The first-order valence-electron chi connectivity index (χ1n) is 7.92. The summed E-state index contributed by atoms with van der Waals surface area (Å²) >= 11 is 1.27. The molecule has 5 nitrogen and oxygen atoms in total. The van der Waals surface area contributed by atoms with Gasteiger partial charge in [-0.15, -0.1) is 11.3 Å². The van der Waals surface area contributed by atoms with Crippen LogP contribution in [0.1, 0.15) is 21.3 Å². The lowest BCUT2D eigenvalue weighted by molar-refractivity contribution is -0.125. The summed E-state index contributed by atoms with van der Waals surface area (Å²) in [5, 5.41) is 4.56. The van der Waals surface area contributed by atoms with Gasteiger partial charge in [-0.25, -0.2) is 4.79 Å². The van der Waals surface area contributed by atoms with Crippen molar-refractivity contribution in [1.29, 1.82) is 0 Å². The Labute approximate surface area is 155 Å². The molecule has 6 heteroatoms. The molecule has 0 saturated carbocycles. The number of amides is 1. The molecule has 1 heterocycles. The molecule has 3 aromatic rings. The van der Waals surface area contributed by atoms with Gasteiger partial charge in [-0.2, -0.15) is 0 Å². The number of hydrogen-bond acceptors (Lipinski definition) is 5. The average molecular weight is 367 g/mol. The number of benzene rings is 2. The van der Waals surface area contributed by atoms with Crippen molar-refractivity contribution in [2.75, 3.05) is 12.4 Å². The Balaban J connectivity index is 1.82. The zero-order chi connectivity index (χ0) is 18.4. The monoisotopic (exact) mass is 367 g/mol. The lowest BCUT2D eigenvalue weighted by atomic mass is 10.1. The highest BCUT2D eigenvalue weighted by Crippen LogP contribution is 2.24. The van der Waals surface area contributed by atoms with Gasteiger partial charge in [0.25, 0.3) is 5.91 Å². The fourth-order valence-electron chi connectivity index (χ4n) is 2.37. The predicted octanol–water partition coefficient (Wildman–Crippen LogP) is 4.29. The number of ether oxygens (including phenoxy) is 2. The Bertz CT molecular complexity index is 878. The van der Waals surface area contributed by atoms with Crippen LogP contribution in [0.5, 0.6) is 5.75 Å². The van der Waals surface area contributed by atoms with Gasteiger partial charge in [-0.05, 0) is 23.6 Å². The minimum absolute atomic E-state index is 0.436. The largest absolute Gasteiger partial charge is 0.497 e. The van der Waals surface area contributed by atoms with Crippen LogP contribution in [0, 0.1) is 0 Å². The summed E-state index contributed by atoms with van der Waals surface area (Å²) in [5.41, 5.74) is 1.15. The van der Waals surface area contributed by atoms with Crippen molar-refractivity contribution in [3.63, 3.8) is 0 Å². The molecule has 3 rings (SSSR count). The standard InChI is InChI=1S/C20H17NO4S/c1-24-16-10-5-9-15(13-16)21-19(22)18(14-7-3-2-4-8-14)25-20(23)17-11-6-12-26-17/h2-13,18H,1H3,(H,21,22)/t18-/m1/s1. The smallest absolute Gasteiger partial charge is 0.349 e. The maximum Gasteiger partial charge on any atom is 0.349 e. The van der Waals surface area contributed by atoms with Crippen molar-refractivity contribution in [2.24, 2.45) is 0 Å². The molecule has 1 N–H and O–H groups in total. The number of nitrogens with one attached hydrogen (secondary N) is 1. The molecule has 0 fully saturated rings. The van der Waals surface area contributed by atoms with E-state index in [9.17, 15) is 9.59 Å². The number of rotatable bonds is 6. The highest BCUT2D eigenvalue weighted by Gasteiger charge is 2.26. The van der Waals surface area contributed by atoms with Gasteiger partial charge in [0.05, 0.1) is 7.11 Å². The van der Waals surface area contributed by atoms with Gasteiger partial charge in [0.2, 0.25) is 6.10 Å². The van der Waals surface area contributed by atoms with Crippen LogP contribution in [0.4, 0.5) is 5.69 Å². The van der Waals surface area contributed by atoms with Crippen LogP contribution in [0.25, 0.3) is 0 Å². The van der Waals surface area contributed by atoms with Crippen molar-refractivity contribution >= 4 is 28.9 Å². The summed E-state index contributed by atoms with van der Waals surface area (Å²) in [4.78, 5) is 25.6. The first-order chi connectivity index (χ1) is 12.7. The second kappa shape index (κ2) is 8.31. The minimum atomic E-state index is -1.06. The van der Waals surface area contributed by atoms with Crippen molar-refractivity contribution in [1.82, 2.24) is 0 Å². The number of methoxy groups -OCH3 is 1. The number of carbonyl (C=O) groups excluding carboxylic acids is 2. The van der Waals surface area contributed by atoms with Gasteiger partial charge < -0.3 is 14.8 Å². The van der Waals surface area contributed by atoms with Crippen LogP contribution < -0.4 is 10.1 Å². The van der Waals surface area contributed by atoms with Gasteiger partial charge in [-0.3, -0.25) is 4.79 Å². The molecule has 0 spiro atoms. The minimum Gasteiger partial charge on any atom is -0.497 e. The van der Waals surface area contributed by atoms with E-state index in [1.54, 1.807) is 73.2 Å². The number of thiophene rings is 1. The molecule has 0 saturated heterocycles. The quantitative estimate of drug-likeness (QED) is 0.660. The van der Waals surface area contributed by atoms with E-state index in [4.69, 9.17) is 9.47 Å². The Morgan fingerprint density at radius 2 is 1.81 bits per heavy atom. The summed E-state index contributed by atoms with van der Waals surface area (Å²) in [6, 6.07) is 19.3. The number of hydrogen-bond donors (Lipinski definition) is 1. The van der Waals surface area contributed by atoms with Gasteiger partial charge in [0, 0.05) is 17.3 Å². The van der Waals surface area contributed by atoms with E-state index in [1.807, 2.05) is 6.07 Å². The van der Waals surface area contributed by atoms with E-state index in [0.717, 1.165) is 0 Å². The van der Waals surface area contributed by atoms with Crippen molar-refractivity contribution in [3.8, 4) is 5.75 Å². The lowest BCUT2D eigenvalue weighted by Crippen LogP contribution is -2.25. The molecule has 0 radical (unpaired) electrons. The molecule has 0 aliphatic carbocycles. The molecule has 1 aromatic heterocycles. The van der Waals surface area contributed by atoms with Crippen molar-refractivity contribution in [2.45, 2.75) is 6.10 Å². The zero-order valence-electron chi connectivity index (χ0n) is 14.0. The van der Waals surface area contributed by atoms with Gasteiger partial charge in [0.15, 0.2) is 0 Å². The Hall–Kier alpha value is -3.12. The molecule has 0 unspecified atom stereocenters. The molecule has 2 aromatic carbocycles. The first-order valence-corrected chi connectivity index (χ1v) is 8.79. The number of esters is 1. The summed E-state index contributed by atoms with van der Waals surface area (Å²) in [7, 11) is 1.55. The summed E-state index contributed by atoms with van der Waals surface area (Å²) in [5.74, 6) is -0.348. The zero-order valence-corrected chi connectivity index (χ0v) is 14.9. The van der Waals surface area contributed by atoms with E-state index >= 15 is 0 Å². The first kappa shape index (κ1) is 17.7. The molecule has 132 valence electrons. The predicted molar refractivity (Wildman–Crippen MR) is 101 cm³/mol. The van der Waals surface area contributed by atoms with Gasteiger partial charge in [0.1, 0.15) is 10.6 Å². The van der Waals surface area contributed by atoms with Crippen LogP contribution in [0.2, 0.25) is 0 Å². The van der Waals surface area contributed by atoms with Crippen LogP contribution in [0.15, 0.2) is 72.1 Å². The molecule has 26 heavy (non-hydrogen) atoms. The third-order valence-electron chi connectivity index (χ3n) is 3.62. The van der Waals surface area contributed by atoms with E-state index in [-0.39, 0.29) is 0 Å². The van der Waals surface area contributed by atoms with Crippen molar-refractivity contribution in [3.05, 3.63) is 82.6 Å². The fourth-order valence-corrected chi connectivity index (χ4v) is 2.97. The van der Waals surface area contributed by atoms with E-state index in [1.165, 1.54) is 11.3 Å².